The van der Waals surface area contributed by atoms with Crippen LogP contribution in [-0.2, 0) is 4.74 Å². The summed E-state index contributed by atoms with van der Waals surface area (Å²) in [5, 5.41) is 2.52. The minimum absolute atomic E-state index is 0.0599. The minimum atomic E-state index is -0.612. The van der Waals surface area contributed by atoms with Gasteiger partial charge in [0.1, 0.15) is 5.82 Å². The van der Waals surface area contributed by atoms with E-state index in [1.54, 1.807) is 18.2 Å². The lowest BCUT2D eigenvalue weighted by Gasteiger charge is -2.09. The molecule has 0 aliphatic carbocycles. The van der Waals surface area contributed by atoms with Gasteiger partial charge in [-0.15, -0.1) is 0 Å². The van der Waals surface area contributed by atoms with E-state index in [0.29, 0.717) is 0 Å². The molecule has 1 amide bonds. The fraction of sp³-hybridized carbons (Fsp3) is 0.0714. The molecular weight excluding hydrogens is 263 g/mol. The number of pyridine rings is 1. The molecule has 2 aromatic rings. The van der Waals surface area contributed by atoms with Crippen molar-refractivity contribution in [2.75, 3.05) is 12.4 Å². The van der Waals surface area contributed by atoms with Crippen LogP contribution < -0.4 is 5.32 Å². The number of nitrogens with one attached hydrogen (secondary N) is 1. The Morgan fingerprint density at radius 1 is 1.25 bits per heavy atom. The average Bonchev–Trinajstić information content (AvgIpc) is 2.47. The van der Waals surface area contributed by atoms with E-state index in [2.05, 4.69) is 15.0 Å². The summed E-state index contributed by atoms with van der Waals surface area (Å²) in [6.07, 6.45) is 2.23. The average molecular weight is 274 g/mol. The van der Waals surface area contributed by atoms with Crippen LogP contribution in [0.25, 0.3) is 0 Å². The number of para-hydroxylation sites is 1. The maximum absolute atomic E-state index is 13.0. The third-order valence-electron chi connectivity index (χ3n) is 2.55. The number of benzene rings is 1. The first-order valence-corrected chi connectivity index (χ1v) is 5.71. The van der Waals surface area contributed by atoms with Gasteiger partial charge in [0.15, 0.2) is 0 Å². The van der Waals surface area contributed by atoms with Crippen LogP contribution in [0.1, 0.15) is 20.7 Å². The van der Waals surface area contributed by atoms with E-state index in [4.69, 9.17) is 0 Å². The molecule has 20 heavy (non-hydrogen) atoms. The molecule has 0 atom stereocenters. The number of hydrogen-bond donors (Lipinski definition) is 1. The van der Waals surface area contributed by atoms with Crippen molar-refractivity contribution < 1.29 is 18.7 Å². The molecule has 5 nitrogen and oxygen atoms in total. The Morgan fingerprint density at radius 2 is 2.00 bits per heavy atom. The second-order valence-corrected chi connectivity index (χ2v) is 3.88. The van der Waals surface area contributed by atoms with Crippen molar-refractivity contribution in [2.45, 2.75) is 0 Å². The summed E-state index contributed by atoms with van der Waals surface area (Å²) in [6, 6.07) is 7.43. The smallest absolute Gasteiger partial charge is 0.339 e. The van der Waals surface area contributed by atoms with Crippen molar-refractivity contribution in [3.63, 3.8) is 0 Å². The van der Waals surface area contributed by atoms with Gasteiger partial charge in [-0.2, -0.15) is 0 Å². The maximum Gasteiger partial charge on any atom is 0.339 e. The van der Waals surface area contributed by atoms with Crippen molar-refractivity contribution in [1.82, 2.24) is 4.98 Å². The van der Waals surface area contributed by atoms with Gasteiger partial charge < -0.3 is 10.1 Å². The number of nitrogens with zero attached hydrogens (tertiary/aromatic N) is 1. The molecule has 0 saturated carbocycles. The minimum Gasteiger partial charge on any atom is -0.465 e. The molecule has 0 bridgehead atoms. The number of carbonyl (C=O) groups is 2. The first kappa shape index (κ1) is 13.7. The topological polar surface area (TPSA) is 68.3 Å². The highest BCUT2D eigenvalue weighted by Crippen LogP contribution is 2.17. The van der Waals surface area contributed by atoms with E-state index in [9.17, 15) is 14.0 Å². The van der Waals surface area contributed by atoms with Crippen molar-refractivity contribution in [3.05, 3.63) is 59.7 Å². The number of esters is 1. The molecule has 0 radical (unpaired) electrons. The number of carbonyl (C=O) groups excluding carboxylic acids is 2. The number of methoxy groups -OCH3 is 1. The van der Waals surface area contributed by atoms with Gasteiger partial charge in [0.05, 0.1) is 30.1 Å². The number of anilines is 1. The van der Waals surface area contributed by atoms with Crippen LogP contribution in [0.3, 0.4) is 0 Å². The summed E-state index contributed by atoms with van der Waals surface area (Å²) >= 11 is 0. The molecule has 0 aliphatic heterocycles. The molecule has 102 valence electrons. The van der Waals surface area contributed by atoms with Crippen molar-refractivity contribution >= 4 is 17.6 Å². The molecule has 0 fully saturated rings. The highest BCUT2D eigenvalue weighted by atomic mass is 19.1. The molecular formula is C14H11FN2O3. The molecule has 0 unspecified atom stereocenters. The summed E-state index contributed by atoms with van der Waals surface area (Å²) in [5.74, 6) is -1.74. The summed E-state index contributed by atoms with van der Waals surface area (Å²) in [6.45, 7) is 0. The number of aromatic nitrogens is 1. The van der Waals surface area contributed by atoms with Crippen LogP contribution in [-0.4, -0.2) is 24.0 Å². The van der Waals surface area contributed by atoms with Crippen LogP contribution in [0.5, 0.6) is 0 Å². The fourth-order valence-corrected chi connectivity index (χ4v) is 1.61. The number of amides is 1. The summed E-state index contributed by atoms with van der Waals surface area (Å²) in [5.41, 5.74) is 0.561. The van der Waals surface area contributed by atoms with Gasteiger partial charge in [-0.05, 0) is 18.2 Å². The molecule has 0 aliphatic rings. The summed E-state index contributed by atoms with van der Waals surface area (Å²) < 4.78 is 17.6. The first-order chi connectivity index (χ1) is 9.61. The van der Waals surface area contributed by atoms with E-state index >= 15 is 0 Å². The number of halogens is 1. The van der Waals surface area contributed by atoms with E-state index in [1.807, 2.05) is 0 Å². The van der Waals surface area contributed by atoms with Gasteiger partial charge >= 0.3 is 5.97 Å². The SMILES string of the molecule is COC(=O)c1ccccc1NC(=O)c1cncc(F)c1. The van der Waals surface area contributed by atoms with E-state index < -0.39 is 17.7 Å². The highest BCUT2D eigenvalue weighted by molar-refractivity contribution is 6.07. The Bertz CT molecular complexity index is 658. The highest BCUT2D eigenvalue weighted by Gasteiger charge is 2.14. The Balaban J connectivity index is 2.26. The third kappa shape index (κ3) is 2.97. The lowest BCUT2D eigenvalue weighted by Crippen LogP contribution is -2.15. The van der Waals surface area contributed by atoms with E-state index in [1.165, 1.54) is 19.4 Å². The van der Waals surface area contributed by atoms with Crippen LogP contribution in [0.15, 0.2) is 42.7 Å². The molecule has 0 saturated heterocycles. The van der Waals surface area contributed by atoms with Gasteiger partial charge in [0.25, 0.3) is 5.91 Å². The predicted molar refractivity (Wildman–Crippen MR) is 69.9 cm³/mol. The Morgan fingerprint density at radius 3 is 2.70 bits per heavy atom. The van der Waals surface area contributed by atoms with Crippen LogP contribution in [0, 0.1) is 5.82 Å². The molecule has 1 heterocycles. The molecule has 1 N–H and O–H groups in total. The lowest BCUT2D eigenvalue weighted by molar-refractivity contribution is 0.0602. The quantitative estimate of drug-likeness (QED) is 0.872. The number of hydrogen-bond acceptors (Lipinski definition) is 4. The van der Waals surface area contributed by atoms with Gasteiger partial charge in [0, 0.05) is 6.20 Å². The van der Waals surface area contributed by atoms with Crippen LogP contribution >= 0.6 is 0 Å². The fourth-order valence-electron chi connectivity index (χ4n) is 1.61. The van der Waals surface area contributed by atoms with Gasteiger partial charge in [-0.1, -0.05) is 12.1 Å². The number of ether oxygens (including phenoxy) is 1. The molecule has 0 spiro atoms. The van der Waals surface area contributed by atoms with Crippen molar-refractivity contribution in [1.29, 1.82) is 0 Å². The lowest BCUT2D eigenvalue weighted by atomic mass is 10.1. The van der Waals surface area contributed by atoms with Crippen LogP contribution in [0.4, 0.5) is 10.1 Å². The van der Waals surface area contributed by atoms with Gasteiger partial charge in [-0.3, -0.25) is 9.78 Å². The molecule has 1 aromatic carbocycles. The first-order valence-electron chi connectivity index (χ1n) is 5.71. The van der Waals surface area contributed by atoms with Crippen molar-refractivity contribution in [2.24, 2.45) is 0 Å². The normalized spacial score (nSPS) is 9.90. The zero-order valence-electron chi connectivity index (χ0n) is 10.6. The third-order valence-corrected chi connectivity index (χ3v) is 2.55. The van der Waals surface area contributed by atoms with Crippen molar-refractivity contribution in [3.8, 4) is 0 Å². The Hall–Kier alpha value is -2.76. The van der Waals surface area contributed by atoms with Crippen LogP contribution in [0.2, 0.25) is 0 Å². The summed E-state index contributed by atoms with van der Waals surface area (Å²) in [4.78, 5) is 27.1. The Labute approximate surface area is 114 Å². The zero-order chi connectivity index (χ0) is 14.5. The number of rotatable bonds is 3. The van der Waals surface area contributed by atoms with Gasteiger partial charge in [-0.25, -0.2) is 9.18 Å². The molecule has 2 rings (SSSR count). The largest absolute Gasteiger partial charge is 0.465 e. The standard InChI is InChI=1S/C14H11FN2O3/c1-20-14(19)11-4-2-3-5-12(11)17-13(18)9-6-10(15)8-16-7-9/h2-8H,1H3,(H,17,18). The molecule has 6 heteroatoms. The zero-order valence-corrected chi connectivity index (χ0v) is 10.6. The Kier molecular flexibility index (Phi) is 4.05. The van der Waals surface area contributed by atoms with E-state index in [-0.39, 0.29) is 16.8 Å². The second-order valence-electron chi connectivity index (χ2n) is 3.88. The second kappa shape index (κ2) is 5.92. The maximum atomic E-state index is 13.0. The monoisotopic (exact) mass is 274 g/mol. The summed E-state index contributed by atoms with van der Waals surface area (Å²) in [7, 11) is 1.25. The van der Waals surface area contributed by atoms with E-state index in [0.717, 1.165) is 12.3 Å². The predicted octanol–water partition coefficient (Wildman–Crippen LogP) is 2.26. The van der Waals surface area contributed by atoms with Gasteiger partial charge in [0.2, 0.25) is 0 Å². The molecule has 1 aromatic heterocycles.